The van der Waals surface area contributed by atoms with E-state index in [-0.39, 0.29) is 11.7 Å². The summed E-state index contributed by atoms with van der Waals surface area (Å²) in [6.07, 6.45) is 0. The van der Waals surface area contributed by atoms with Crippen LogP contribution in [0.1, 0.15) is 17.3 Å². The number of carbonyl (C=O) groups is 2. The van der Waals surface area contributed by atoms with Crippen LogP contribution in [0.4, 0.5) is 5.69 Å². The van der Waals surface area contributed by atoms with Crippen LogP contribution in [0.3, 0.4) is 0 Å². The number of ketones is 1. The second-order valence-electron chi connectivity index (χ2n) is 5.03. The van der Waals surface area contributed by atoms with Gasteiger partial charge in [0.05, 0.1) is 11.4 Å². The van der Waals surface area contributed by atoms with Crippen LogP contribution < -0.4 is 5.01 Å². The van der Waals surface area contributed by atoms with E-state index in [0.29, 0.717) is 22.0 Å². The summed E-state index contributed by atoms with van der Waals surface area (Å²) in [5.41, 5.74) is 1.54. The Labute approximate surface area is 133 Å². The predicted molar refractivity (Wildman–Crippen MR) is 86.3 cm³/mol. The number of carbonyl (C=O) groups excluding carboxylic acids is 2. The SMILES string of the molecule is CC1=NN(c2ccccc2)C(=O)[C@@H]1C(=O)c1cccc(Cl)c1. The molecular formula is C17H13ClN2O2. The Morgan fingerprint density at radius 3 is 2.55 bits per heavy atom. The van der Waals surface area contributed by atoms with Crippen LogP contribution in [0.15, 0.2) is 59.7 Å². The second kappa shape index (κ2) is 5.73. The van der Waals surface area contributed by atoms with Gasteiger partial charge >= 0.3 is 0 Å². The zero-order valence-electron chi connectivity index (χ0n) is 11.9. The lowest BCUT2D eigenvalue weighted by atomic mass is 9.94. The molecular weight excluding hydrogens is 300 g/mol. The largest absolute Gasteiger partial charge is 0.293 e. The number of benzene rings is 2. The van der Waals surface area contributed by atoms with E-state index in [4.69, 9.17) is 11.6 Å². The number of hydrogen-bond donors (Lipinski definition) is 0. The fraction of sp³-hybridized carbons (Fsp3) is 0.118. The van der Waals surface area contributed by atoms with Gasteiger partial charge in [0, 0.05) is 10.6 Å². The van der Waals surface area contributed by atoms with Crippen molar-refractivity contribution < 1.29 is 9.59 Å². The van der Waals surface area contributed by atoms with Crippen LogP contribution >= 0.6 is 11.6 Å². The molecule has 0 N–H and O–H groups in total. The zero-order valence-corrected chi connectivity index (χ0v) is 12.6. The third-order valence-corrected chi connectivity index (χ3v) is 3.74. The van der Waals surface area contributed by atoms with Crippen LogP contribution in [-0.2, 0) is 4.79 Å². The molecule has 1 heterocycles. The molecule has 1 aliphatic heterocycles. The first-order valence-corrected chi connectivity index (χ1v) is 7.19. The summed E-state index contributed by atoms with van der Waals surface area (Å²) in [4.78, 5) is 25.2. The lowest BCUT2D eigenvalue weighted by Gasteiger charge is -2.13. The summed E-state index contributed by atoms with van der Waals surface area (Å²) in [6.45, 7) is 1.69. The highest BCUT2D eigenvalue weighted by Crippen LogP contribution is 2.26. The molecule has 1 amide bonds. The summed E-state index contributed by atoms with van der Waals surface area (Å²) < 4.78 is 0. The van der Waals surface area contributed by atoms with Gasteiger partial charge in [-0.1, -0.05) is 41.9 Å². The molecule has 2 aromatic carbocycles. The molecule has 1 aliphatic rings. The van der Waals surface area contributed by atoms with Gasteiger partial charge in [0.2, 0.25) is 0 Å². The van der Waals surface area contributed by atoms with Crippen molar-refractivity contribution in [3.63, 3.8) is 0 Å². The van der Waals surface area contributed by atoms with Crippen molar-refractivity contribution in [1.82, 2.24) is 0 Å². The summed E-state index contributed by atoms with van der Waals surface area (Å²) in [5, 5.41) is 5.98. The average Bonchev–Trinajstić information content (AvgIpc) is 2.82. The number of hydrazone groups is 1. The third-order valence-electron chi connectivity index (χ3n) is 3.50. The minimum Gasteiger partial charge on any atom is -0.293 e. The first-order valence-electron chi connectivity index (χ1n) is 6.82. The number of amides is 1. The summed E-state index contributed by atoms with van der Waals surface area (Å²) in [5.74, 6) is -1.51. The molecule has 1 atom stereocenters. The summed E-state index contributed by atoms with van der Waals surface area (Å²) in [6, 6.07) is 15.6. The molecule has 22 heavy (non-hydrogen) atoms. The van der Waals surface area contributed by atoms with Crippen LogP contribution in [-0.4, -0.2) is 17.4 Å². The van der Waals surface area contributed by atoms with Gasteiger partial charge < -0.3 is 0 Å². The molecule has 0 radical (unpaired) electrons. The third kappa shape index (κ3) is 2.53. The molecule has 0 saturated carbocycles. The van der Waals surface area contributed by atoms with Gasteiger partial charge in [-0.3, -0.25) is 9.59 Å². The van der Waals surface area contributed by atoms with E-state index in [1.807, 2.05) is 18.2 Å². The summed E-state index contributed by atoms with van der Waals surface area (Å²) in [7, 11) is 0. The van der Waals surface area contributed by atoms with Gasteiger partial charge in [-0.25, -0.2) is 0 Å². The molecule has 0 spiro atoms. The smallest absolute Gasteiger partial charge is 0.264 e. The lowest BCUT2D eigenvalue weighted by molar-refractivity contribution is -0.118. The van der Waals surface area contributed by atoms with Crippen molar-refractivity contribution in [3.8, 4) is 0 Å². The summed E-state index contributed by atoms with van der Waals surface area (Å²) >= 11 is 5.92. The Balaban J connectivity index is 1.92. The van der Waals surface area contributed by atoms with E-state index >= 15 is 0 Å². The molecule has 0 aromatic heterocycles. The molecule has 110 valence electrons. The van der Waals surface area contributed by atoms with Crippen LogP contribution in [0.5, 0.6) is 0 Å². The maximum atomic E-state index is 12.6. The molecule has 4 nitrogen and oxygen atoms in total. The topological polar surface area (TPSA) is 49.7 Å². The van der Waals surface area contributed by atoms with Crippen LogP contribution in [0.25, 0.3) is 0 Å². The first kappa shape index (κ1) is 14.5. The van der Waals surface area contributed by atoms with Crippen molar-refractivity contribution >= 4 is 34.7 Å². The fourth-order valence-corrected chi connectivity index (χ4v) is 2.62. The van der Waals surface area contributed by atoms with Gasteiger partial charge in [-0.15, -0.1) is 0 Å². The normalized spacial score (nSPS) is 17.5. The maximum Gasteiger partial charge on any atom is 0.264 e. The second-order valence-corrected chi connectivity index (χ2v) is 5.47. The van der Waals surface area contributed by atoms with Crippen molar-refractivity contribution in [1.29, 1.82) is 0 Å². The minimum atomic E-state index is -0.890. The van der Waals surface area contributed by atoms with Gasteiger partial charge in [-0.2, -0.15) is 10.1 Å². The van der Waals surface area contributed by atoms with Gasteiger partial charge in [0.15, 0.2) is 5.78 Å². The first-order chi connectivity index (χ1) is 10.6. The lowest BCUT2D eigenvalue weighted by Crippen LogP contribution is -2.32. The van der Waals surface area contributed by atoms with E-state index in [9.17, 15) is 9.59 Å². The Kier molecular flexibility index (Phi) is 3.77. The van der Waals surface area contributed by atoms with Crippen molar-refractivity contribution in [2.24, 2.45) is 11.0 Å². The number of nitrogens with zero attached hydrogens (tertiary/aromatic N) is 2. The maximum absolute atomic E-state index is 12.6. The molecule has 5 heteroatoms. The molecule has 0 fully saturated rings. The van der Waals surface area contributed by atoms with Crippen molar-refractivity contribution in [3.05, 3.63) is 65.2 Å². The number of rotatable bonds is 3. The Morgan fingerprint density at radius 2 is 1.86 bits per heavy atom. The van der Waals surface area contributed by atoms with Gasteiger partial charge in [0.25, 0.3) is 5.91 Å². The quantitative estimate of drug-likeness (QED) is 0.642. The molecule has 2 aromatic rings. The fourth-order valence-electron chi connectivity index (χ4n) is 2.43. The van der Waals surface area contributed by atoms with Gasteiger partial charge in [0.1, 0.15) is 5.92 Å². The standard InChI is InChI=1S/C17H13ClN2O2/c1-11-15(16(21)12-6-5-7-13(18)10-12)17(22)20(19-11)14-8-3-2-4-9-14/h2-10,15H,1H3/t15-/m0/s1. The number of halogens is 1. The predicted octanol–water partition coefficient (Wildman–Crippen LogP) is 3.56. The Hall–Kier alpha value is -2.46. The van der Waals surface area contributed by atoms with Crippen LogP contribution in [0, 0.1) is 5.92 Å². The monoisotopic (exact) mass is 312 g/mol. The van der Waals surface area contributed by atoms with Crippen molar-refractivity contribution in [2.45, 2.75) is 6.92 Å². The van der Waals surface area contributed by atoms with Crippen LogP contribution in [0.2, 0.25) is 5.02 Å². The molecule has 0 bridgehead atoms. The van der Waals surface area contributed by atoms with E-state index in [1.54, 1.807) is 43.3 Å². The highest BCUT2D eigenvalue weighted by atomic mass is 35.5. The molecule has 0 saturated heterocycles. The molecule has 3 rings (SSSR count). The van der Waals surface area contributed by atoms with E-state index in [2.05, 4.69) is 5.10 Å². The van der Waals surface area contributed by atoms with E-state index in [1.165, 1.54) is 5.01 Å². The number of hydrogen-bond acceptors (Lipinski definition) is 3. The molecule has 0 aliphatic carbocycles. The number of para-hydroxylation sites is 1. The Morgan fingerprint density at radius 1 is 1.14 bits per heavy atom. The van der Waals surface area contributed by atoms with Gasteiger partial charge in [-0.05, 0) is 31.2 Å². The highest BCUT2D eigenvalue weighted by Gasteiger charge is 2.39. The number of Topliss-reactive ketones (excluding diaryl/α,β-unsaturated/α-hetero) is 1. The van der Waals surface area contributed by atoms with E-state index in [0.717, 1.165) is 0 Å². The van der Waals surface area contributed by atoms with E-state index < -0.39 is 5.92 Å². The zero-order chi connectivity index (χ0) is 15.7. The highest BCUT2D eigenvalue weighted by molar-refractivity contribution is 6.33. The molecule has 0 unspecified atom stereocenters. The number of anilines is 1. The average molecular weight is 313 g/mol. The minimum absolute atomic E-state index is 0.285. The Bertz CT molecular complexity index is 771. The van der Waals surface area contributed by atoms with Crippen molar-refractivity contribution in [2.75, 3.05) is 5.01 Å².